The van der Waals surface area contributed by atoms with Gasteiger partial charge in [-0.2, -0.15) is 0 Å². The van der Waals surface area contributed by atoms with E-state index in [4.69, 9.17) is 0 Å². The molecule has 0 spiro atoms. The third-order valence-corrected chi connectivity index (χ3v) is 16.9. The molecule has 6 aliphatic rings. The van der Waals surface area contributed by atoms with E-state index in [2.05, 4.69) is 78.9 Å². The van der Waals surface area contributed by atoms with Gasteiger partial charge in [0.2, 0.25) is 11.8 Å². The van der Waals surface area contributed by atoms with Gasteiger partial charge in [-0.15, -0.1) is 24.8 Å². The highest BCUT2D eigenvalue weighted by Crippen LogP contribution is 2.51. The van der Waals surface area contributed by atoms with Gasteiger partial charge in [0.05, 0.1) is 36.1 Å². The number of nitrogens with zero attached hydrogens (tertiary/aromatic N) is 2. The summed E-state index contributed by atoms with van der Waals surface area (Å²) >= 11 is 0. The van der Waals surface area contributed by atoms with E-state index in [1.54, 1.807) is 0 Å². The number of aromatic nitrogens is 2. The highest BCUT2D eigenvalue weighted by Gasteiger charge is 2.50. The minimum Gasteiger partial charge on any atom is -0.392 e. The summed E-state index contributed by atoms with van der Waals surface area (Å²) in [4.78, 5) is 40.1. The van der Waals surface area contributed by atoms with Gasteiger partial charge >= 0.3 is 0 Å². The maximum atomic E-state index is 13.7. The van der Waals surface area contributed by atoms with Gasteiger partial charge in [0.25, 0.3) is 0 Å². The summed E-state index contributed by atoms with van der Waals surface area (Å²) in [7, 11) is 0. The van der Waals surface area contributed by atoms with E-state index in [9.17, 15) is 19.8 Å². The number of aliphatic hydroxyl groups is 2. The summed E-state index contributed by atoms with van der Waals surface area (Å²) in [6.45, 7) is 5.60. The number of aliphatic hydroxyl groups excluding tert-OH is 2. The van der Waals surface area contributed by atoms with Crippen LogP contribution in [0.1, 0.15) is 137 Å². The van der Waals surface area contributed by atoms with Crippen molar-refractivity contribution in [2.24, 2.45) is 35.5 Å². The zero-order chi connectivity index (χ0) is 42.2. The van der Waals surface area contributed by atoms with E-state index < -0.39 is 12.2 Å². The van der Waals surface area contributed by atoms with Gasteiger partial charge in [-0.25, -0.2) is 0 Å². The van der Waals surface area contributed by atoms with Crippen LogP contribution in [0.2, 0.25) is 0 Å². The molecule has 10 atom stereocenters. The predicted molar refractivity (Wildman–Crippen MR) is 260 cm³/mol. The number of rotatable bonds is 15. The van der Waals surface area contributed by atoms with Crippen molar-refractivity contribution < 1.29 is 19.8 Å². The zero-order valence-corrected chi connectivity index (χ0v) is 39.4. The van der Waals surface area contributed by atoms with Crippen molar-refractivity contribution >= 4 is 58.4 Å². The first-order valence-corrected chi connectivity index (χ1v) is 25.0. The van der Waals surface area contributed by atoms with Crippen molar-refractivity contribution in [1.82, 2.24) is 30.4 Å². The Morgan fingerprint density at radius 1 is 0.562 bits per heavy atom. The van der Waals surface area contributed by atoms with Crippen LogP contribution in [0.4, 0.5) is 0 Å². The molecular weight excluding hydrogens is 844 g/mol. The molecular formula is C52H74Cl2N6O4. The Hall–Kier alpha value is -3.12. The molecule has 6 N–H and O–H groups in total. The largest absolute Gasteiger partial charge is 0.392 e. The highest BCUT2D eigenvalue weighted by atomic mass is 35.5. The van der Waals surface area contributed by atoms with Crippen LogP contribution in [0, 0.1) is 35.5 Å². The number of fused-ring (bicyclic) bond motifs is 12. The number of aromatic amines is 2. The quantitative estimate of drug-likeness (QED) is 0.0660. The van der Waals surface area contributed by atoms with E-state index in [1.165, 1.54) is 82.8 Å². The molecule has 350 valence electrons. The average molecular weight is 918 g/mol. The third kappa shape index (κ3) is 9.53. The first-order valence-electron chi connectivity index (χ1n) is 25.0. The van der Waals surface area contributed by atoms with Crippen LogP contribution in [-0.2, 0) is 22.4 Å². The molecule has 2 aromatic heterocycles. The summed E-state index contributed by atoms with van der Waals surface area (Å²) in [6, 6.07) is 17.9. The topological polar surface area (TPSA) is 137 Å². The van der Waals surface area contributed by atoms with Crippen LogP contribution < -0.4 is 10.6 Å². The number of H-pyrrole nitrogens is 2. The van der Waals surface area contributed by atoms with Gasteiger partial charge in [0.15, 0.2) is 0 Å². The lowest BCUT2D eigenvalue weighted by molar-refractivity contribution is -0.140. The van der Waals surface area contributed by atoms with E-state index in [-0.39, 0.29) is 60.3 Å². The summed E-state index contributed by atoms with van der Waals surface area (Å²) < 4.78 is 0. The number of carbonyl (C=O) groups excluding carboxylic acids is 2. The highest BCUT2D eigenvalue weighted by molar-refractivity contribution is 5.86. The average Bonchev–Trinajstić information content (AvgIpc) is 3.87. The molecule has 2 saturated carbocycles. The molecule has 2 amide bonds. The van der Waals surface area contributed by atoms with Gasteiger partial charge in [-0.05, 0) is 111 Å². The number of benzene rings is 2. The molecule has 10 rings (SSSR count). The van der Waals surface area contributed by atoms with Crippen LogP contribution >= 0.6 is 24.8 Å². The lowest BCUT2D eigenvalue weighted by atomic mass is 9.64. The van der Waals surface area contributed by atoms with Crippen molar-refractivity contribution in [2.75, 3.05) is 39.3 Å². The number of unbranched alkanes of at least 4 members (excludes halogenated alkanes) is 9. The Morgan fingerprint density at radius 2 is 0.953 bits per heavy atom. The molecule has 10 nitrogen and oxygen atoms in total. The zero-order valence-electron chi connectivity index (χ0n) is 37.8. The number of amides is 2. The van der Waals surface area contributed by atoms with Gasteiger partial charge in [0.1, 0.15) is 0 Å². The van der Waals surface area contributed by atoms with Crippen LogP contribution in [-0.4, -0.2) is 93.3 Å². The van der Waals surface area contributed by atoms with Gasteiger partial charge in [-0.1, -0.05) is 87.8 Å². The Morgan fingerprint density at radius 3 is 1.38 bits per heavy atom. The lowest BCUT2D eigenvalue weighted by Gasteiger charge is -2.51. The fourth-order valence-corrected chi connectivity index (χ4v) is 13.7. The Balaban J connectivity index is 0.00000280. The number of para-hydroxylation sites is 2. The normalized spacial score (nSPS) is 29.8. The second kappa shape index (κ2) is 21.2. The molecule has 0 bridgehead atoms. The lowest BCUT2D eigenvalue weighted by Crippen LogP contribution is -2.54. The number of hydrogen-bond acceptors (Lipinski definition) is 6. The van der Waals surface area contributed by atoms with E-state index in [0.717, 1.165) is 103 Å². The Bertz CT molecular complexity index is 2040. The van der Waals surface area contributed by atoms with Gasteiger partial charge < -0.3 is 30.8 Å². The standard InChI is InChI=1S/C52H72N6O4.2ClH/c59-45-21-19-33-31-57-27-23-37-35-15-9-11-17-41(35)55-49(37)43(57)29-39(33)47(45)51(61)53-25-13-7-5-3-1-2-4-6-8-14-26-54-52(62)48-40-30-44-50-38(36-16-10-12-18-42(36)56-50)24-28-58(44)32-34(40)20-22-46(48)60;;/h9-12,15-18,33-34,39-40,43-48,55-56,59-60H,1-8,13-14,19-32H2,(H,53,61)(H,54,62);2*1H/t33-,34-,39-,40-,43-,44-,45-,46-,47+,48+;;/m0../s1. The van der Waals surface area contributed by atoms with Crippen molar-refractivity contribution in [3.05, 3.63) is 71.0 Å². The molecule has 0 radical (unpaired) electrons. The minimum absolute atomic E-state index is 0. The van der Waals surface area contributed by atoms with Gasteiger partial charge in [-0.3, -0.25) is 19.4 Å². The molecule has 6 heterocycles. The van der Waals surface area contributed by atoms with Crippen molar-refractivity contribution in [2.45, 2.75) is 140 Å². The van der Waals surface area contributed by atoms with Crippen molar-refractivity contribution in [1.29, 1.82) is 0 Å². The molecule has 2 saturated heterocycles. The SMILES string of the molecule is Cl.Cl.O=C(NCCCCCCCCCCCCNC(=O)[C@@H]1[C@H]2C[C@H]3c4[nH]c5ccccc5c4CCN3C[C@@H]2CC[C@@H]1O)[C@@H]1[C@H]2C[C@H]3c4[nH]c5ccccc5c4CCN3C[C@@H]2CC[C@@H]1O. The second-order valence-corrected chi connectivity index (χ2v) is 20.4. The number of nitrogens with one attached hydrogen (secondary N) is 4. The van der Waals surface area contributed by atoms with Gasteiger partial charge in [0, 0.05) is 72.5 Å². The van der Waals surface area contributed by atoms with E-state index in [0.29, 0.717) is 37.0 Å². The molecule has 4 aromatic rings. The third-order valence-electron chi connectivity index (χ3n) is 16.9. The fourth-order valence-electron chi connectivity index (χ4n) is 13.7. The number of hydrogen-bond donors (Lipinski definition) is 6. The van der Waals surface area contributed by atoms with E-state index >= 15 is 0 Å². The second-order valence-electron chi connectivity index (χ2n) is 20.4. The number of carbonyl (C=O) groups is 2. The summed E-state index contributed by atoms with van der Waals surface area (Å²) in [5, 5.41) is 31.5. The number of halogens is 2. The predicted octanol–water partition coefficient (Wildman–Crippen LogP) is 8.94. The molecule has 2 aromatic carbocycles. The summed E-state index contributed by atoms with van der Waals surface area (Å²) in [5.41, 5.74) is 8.00. The van der Waals surface area contributed by atoms with Crippen LogP contribution in [0.25, 0.3) is 21.8 Å². The monoisotopic (exact) mass is 917 g/mol. The van der Waals surface area contributed by atoms with Crippen LogP contribution in [0.15, 0.2) is 48.5 Å². The molecule has 12 heteroatoms. The summed E-state index contributed by atoms with van der Waals surface area (Å²) in [5.74, 6) is 0.903. The summed E-state index contributed by atoms with van der Waals surface area (Å²) in [6.07, 6.45) is 18.0. The van der Waals surface area contributed by atoms with Crippen LogP contribution in [0.5, 0.6) is 0 Å². The molecule has 2 aliphatic carbocycles. The first-order chi connectivity index (χ1) is 30.4. The Labute approximate surface area is 392 Å². The number of piperidine rings is 2. The molecule has 4 fully saturated rings. The molecule has 64 heavy (non-hydrogen) atoms. The van der Waals surface area contributed by atoms with Crippen LogP contribution in [0.3, 0.4) is 0 Å². The van der Waals surface area contributed by atoms with Crippen molar-refractivity contribution in [3.63, 3.8) is 0 Å². The molecule has 0 unspecified atom stereocenters. The molecule has 4 aliphatic heterocycles. The smallest absolute Gasteiger partial charge is 0.226 e. The van der Waals surface area contributed by atoms with Crippen molar-refractivity contribution in [3.8, 4) is 0 Å². The maximum Gasteiger partial charge on any atom is 0.226 e. The van der Waals surface area contributed by atoms with E-state index in [1.807, 2.05) is 0 Å². The maximum absolute atomic E-state index is 13.7. The first kappa shape index (κ1) is 47.4. The fraction of sp³-hybridized carbons (Fsp3) is 0.654. The Kier molecular flexibility index (Phi) is 15.7. The minimum atomic E-state index is -0.549.